The Balaban J connectivity index is 2.36. The van der Waals surface area contributed by atoms with Gasteiger partial charge in [0.15, 0.2) is 5.78 Å². The minimum absolute atomic E-state index is 0.115. The van der Waals surface area contributed by atoms with E-state index in [4.69, 9.17) is 0 Å². The first-order chi connectivity index (χ1) is 10.0. The van der Waals surface area contributed by atoms with Gasteiger partial charge < -0.3 is 15.2 Å². The number of H-pyrrole nitrogens is 1. The molecule has 21 heavy (non-hydrogen) atoms. The first-order valence-corrected chi connectivity index (χ1v) is 6.63. The molecule has 1 aromatic heterocycles. The van der Waals surface area contributed by atoms with Gasteiger partial charge in [0.25, 0.3) is 0 Å². The number of ketones is 1. The molecule has 0 saturated heterocycles. The molecule has 0 atom stereocenters. The molecule has 0 saturated carbocycles. The third-order valence-corrected chi connectivity index (χ3v) is 3.63. The van der Waals surface area contributed by atoms with Gasteiger partial charge in [0.05, 0.1) is 5.69 Å². The van der Waals surface area contributed by atoms with Crippen molar-refractivity contribution in [2.75, 3.05) is 0 Å². The van der Waals surface area contributed by atoms with Crippen LogP contribution in [0.25, 0.3) is 10.8 Å². The normalized spacial score (nSPS) is 11.8. The maximum atomic E-state index is 11.9. The summed E-state index contributed by atoms with van der Waals surface area (Å²) in [5, 5.41) is 22.5. The predicted molar refractivity (Wildman–Crippen MR) is 80.0 cm³/mol. The SMILES string of the molecule is CC(=O)c1cccc2cccc(C(O)(O)c3ccc[nH]3)c12. The van der Waals surface area contributed by atoms with E-state index in [1.165, 1.54) is 6.92 Å². The molecule has 2 aromatic carbocycles. The lowest BCUT2D eigenvalue weighted by molar-refractivity contribution is -0.133. The average Bonchev–Trinajstić information content (AvgIpc) is 3.00. The standard InChI is InChI=1S/C17H15NO3/c1-11(19)13-7-2-5-12-6-3-8-14(16(12)13)17(20,21)15-9-4-10-18-15/h2-10,18,20-21H,1H3. The van der Waals surface area contributed by atoms with E-state index in [0.717, 1.165) is 5.39 Å². The number of aliphatic hydroxyl groups is 2. The maximum Gasteiger partial charge on any atom is 0.233 e. The second-order valence-electron chi connectivity index (χ2n) is 5.02. The lowest BCUT2D eigenvalue weighted by Gasteiger charge is -2.23. The first-order valence-electron chi connectivity index (χ1n) is 6.63. The third-order valence-electron chi connectivity index (χ3n) is 3.63. The monoisotopic (exact) mass is 281 g/mol. The molecule has 4 nitrogen and oxygen atoms in total. The van der Waals surface area contributed by atoms with Crippen LogP contribution in [0.3, 0.4) is 0 Å². The van der Waals surface area contributed by atoms with E-state index in [9.17, 15) is 15.0 Å². The van der Waals surface area contributed by atoms with E-state index < -0.39 is 5.79 Å². The van der Waals surface area contributed by atoms with Gasteiger partial charge in [-0.3, -0.25) is 4.79 Å². The number of Topliss-reactive ketones (excluding diaryl/α,β-unsaturated/α-hetero) is 1. The van der Waals surface area contributed by atoms with Crippen LogP contribution in [0.2, 0.25) is 0 Å². The second-order valence-corrected chi connectivity index (χ2v) is 5.02. The Hall–Kier alpha value is -2.43. The van der Waals surface area contributed by atoms with Crippen molar-refractivity contribution in [1.82, 2.24) is 4.98 Å². The summed E-state index contributed by atoms with van der Waals surface area (Å²) >= 11 is 0. The van der Waals surface area contributed by atoms with Crippen molar-refractivity contribution in [3.63, 3.8) is 0 Å². The number of carbonyl (C=O) groups is 1. The zero-order valence-corrected chi connectivity index (χ0v) is 11.5. The molecule has 0 radical (unpaired) electrons. The lowest BCUT2D eigenvalue weighted by atomic mass is 9.91. The number of nitrogens with one attached hydrogen (secondary N) is 1. The van der Waals surface area contributed by atoms with Crippen molar-refractivity contribution in [2.24, 2.45) is 0 Å². The molecule has 0 aliphatic carbocycles. The summed E-state index contributed by atoms with van der Waals surface area (Å²) in [6, 6.07) is 13.8. The van der Waals surface area contributed by atoms with Gasteiger partial charge >= 0.3 is 0 Å². The van der Waals surface area contributed by atoms with E-state index in [-0.39, 0.29) is 17.0 Å². The van der Waals surface area contributed by atoms with Gasteiger partial charge in [0.1, 0.15) is 0 Å². The Morgan fingerprint density at radius 2 is 1.76 bits per heavy atom. The molecular formula is C17H15NO3. The van der Waals surface area contributed by atoms with Crippen LogP contribution in [0.1, 0.15) is 28.5 Å². The summed E-state index contributed by atoms with van der Waals surface area (Å²) in [5.74, 6) is -2.30. The molecular weight excluding hydrogens is 266 g/mol. The number of benzene rings is 2. The number of hydrogen-bond donors (Lipinski definition) is 3. The van der Waals surface area contributed by atoms with E-state index in [0.29, 0.717) is 10.9 Å². The molecule has 3 N–H and O–H groups in total. The molecule has 0 bridgehead atoms. The van der Waals surface area contributed by atoms with Crippen LogP contribution in [-0.2, 0) is 5.79 Å². The van der Waals surface area contributed by atoms with Gasteiger partial charge in [-0.05, 0) is 24.4 Å². The second kappa shape index (κ2) is 4.84. The number of carbonyl (C=O) groups excluding carboxylic acids is 1. The average molecular weight is 281 g/mol. The Morgan fingerprint density at radius 3 is 2.38 bits per heavy atom. The molecule has 4 heteroatoms. The van der Waals surface area contributed by atoms with E-state index in [1.54, 1.807) is 42.6 Å². The van der Waals surface area contributed by atoms with Gasteiger partial charge in [0.2, 0.25) is 5.79 Å². The summed E-state index contributed by atoms with van der Waals surface area (Å²) in [5.41, 5.74) is 1.02. The fourth-order valence-electron chi connectivity index (χ4n) is 2.62. The zero-order chi connectivity index (χ0) is 15.0. The minimum Gasteiger partial charge on any atom is -0.360 e. The Labute approximate surface area is 121 Å². The van der Waals surface area contributed by atoms with Crippen LogP contribution < -0.4 is 0 Å². The van der Waals surface area contributed by atoms with Gasteiger partial charge in [-0.1, -0.05) is 36.4 Å². The minimum atomic E-state index is -2.19. The van der Waals surface area contributed by atoms with Crippen molar-refractivity contribution in [3.05, 3.63) is 71.5 Å². The largest absolute Gasteiger partial charge is 0.360 e. The predicted octanol–water partition coefficient (Wildman–Crippen LogP) is 2.56. The van der Waals surface area contributed by atoms with Crippen molar-refractivity contribution in [2.45, 2.75) is 12.7 Å². The highest BCUT2D eigenvalue weighted by Crippen LogP contribution is 2.33. The fraction of sp³-hybridized carbons (Fsp3) is 0.118. The van der Waals surface area contributed by atoms with Crippen molar-refractivity contribution >= 4 is 16.6 Å². The topological polar surface area (TPSA) is 73.3 Å². The van der Waals surface area contributed by atoms with E-state index in [1.807, 2.05) is 12.1 Å². The van der Waals surface area contributed by atoms with Crippen molar-refractivity contribution < 1.29 is 15.0 Å². The molecule has 0 spiro atoms. The summed E-state index contributed by atoms with van der Waals surface area (Å²) in [6.45, 7) is 1.47. The first kappa shape index (κ1) is 13.5. The van der Waals surface area contributed by atoms with Gasteiger partial charge in [-0.15, -0.1) is 0 Å². The van der Waals surface area contributed by atoms with Crippen LogP contribution in [0.5, 0.6) is 0 Å². The van der Waals surface area contributed by atoms with E-state index in [2.05, 4.69) is 4.98 Å². The Bertz CT molecular complexity index is 799. The van der Waals surface area contributed by atoms with Crippen molar-refractivity contribution in [1.29, 1.82) is 0 Å². The highest BCUT2D eigenvalue weighted by atomic mass is 16.5. The zero-order valence-electron chi connectivity index (χ0n) is 11.5. The third kappa shape index (κ3) is 2.14. The van der Waals surface area contributed by atoms with Crippen molar-refractivity contribution in [3.8, 4) is 0 Å². The van der Waals surface area contributed by atoms with Gasteiger partial charge in [-0.2, -0.15) is 0 Å². The number of aromatic nitrogens is 1. The van der Waals surface area contributed by atoms with E-state index >= 15 is 0 Å². The van der Waals surface area contributed by atoms with Crippen LogP contribution in [0.15, 0.2) is 54.7 Å². The van der Waals surface area contributed by atoms with Crippen LogP contribution in [0.4, 0.5) is 0 Å². The molecule has 0 aliphatic heterocycles. The molecule has 3 aromatic rings. The smallest absolute Gasteiger partial charge is 0.233 e. The summed E-state index contributed by atoms with van der Waals surface area (Å²) < 4.78 is 0. The van der Waals surface area contributed by atoms with Gasteiger partial charge in [0, 0.05) is 22.7 Å². The molecule has 0 unspecified atom stereocenters. The van der Waals surface area contributed by atoms with Crippen LogP contribution in [0, 0.1) is 0 Å². The highest BCUT2D eigenvalue weighted by molar-refractivity contribution is 6.08. The maximum absolute atomic E-state index is 11.9. The Kier molecular flexibility index (Phi) is 3.12. The molecule has 0 amide bonds. The lowest BCUT2D eigenvalue weighted by Crippen LogP contribution is -2.27. The van der Waals surface area contributed by atoms with Crippen LogP contribution >= 0.6 is 0 Å². The molecule has 3 rings (SSSR count). The fourth-order valence-corrected chi connectivity index (χ4v) is 2.62. The number of aromatic amines is 1. The highest BCUT2D eigenvalue weighted by Gasteiger charge is 2.32. The molecule has 0 aliphatic rings. The molecule has 1 heterocycles. The molecule has 0 fully saturated rings. The van der Waals surface area contributed by atoms with Crippen LogP contribution in [-0.4, -0.2) is 21.0 Å². The number of hydrogen-bond acceptors (Lipinski definition) is 3. The summed E-state index contributed by atoms with van der Waals surface area (Å²) in [7, 11) is 0. The number of fused-ring (bicyclic) bond motifs is 1. The number of rotatable bonds is 3. The molecule has 106 valence electrons. The Morgan fingerprint density at radius 1 is 1.05 bits per heavy atom. The summed E-state index contributed by atoms with van der Waals surface area (Å²) in [6.07, 6.45) is 1.62. The van der Waals surface area contributed by atoms with Gasteiger partial charge in [-0.25, -0.2) is 0 Å². The summed E-state index contributed by atoms with van der Waals surface area (Å²) in [4.78, 5) is 14.7. The quantitative estimate of drug-likeness (QED) is 0.510.